The molecular formula is C23H32F2N6O2. The maximum Gasteiger partial charge on any atom is 0.244 e. The van der Waals surface area contributed by atoms with Crippen LogP contribution in [0.3, 0.4) is 0 Å². The van der Waals surface area contributed by atoms with Crippen molar-refractivity contribution >= 4 is 17.5 Å². The van der Waals surface area contributed by atoms with Crippen LogP contribution >= 0.6 is 0 Å². The van der Waals surface area contributed by atoms with Crippen LogP contribution < -0.4 is 4.90 Å². The smallest absolute Gasteiger partial charge is 0.244 e. The summed E-state index contributed by atoms with van der Waals surface area (Å²) in [5, 5.41) is 3.99. The molecule has 8 nitrogen and oxygen atoms in total. The van der Waals surface area contributed by atoms with E-state index in [2.05, 4.69) is 28.8 Å². The van der Waals surface area contributed by atoms with Crippen molar-refractivity contribution in [2.75, 3.05) is 31.1 Å². The Morgan fingerprint density at radius 2 is 1.73 bits per heavy atom. The first kappa shape index (κ1) is 24.8. The molecule has 1 aromatic heterocycles. The van der Waals surface area contributed by atoms with Gasteiger partial charge in [-0.05, 0) is 38.3 Å². The van der Waals surface area contributed by atoms with E-state index in [1.165, 1.54) is 22.2 Å². The van der Waals surface area contributed by atoms with Gasteiger partial charge in [-0.3, -0.25) is 9.59 Å². The SMILES string of the molecule is CCC(=O)N1CCCN(C(C)C)CCCN(C(=O)Cn2cncn2)Cc2cc(F)c(F)cc21. The average Bonchev–Trinajstić information content (AvgIpc) is 3.28. The summed E-state index contributed by atoms with van der Waals surface area (Å²) < 4.78 is 29.9. The lowest BCUT2D eigenvalue weighted by molar-refractivity contribution is -0.132. The predicted molar refractivity (Wildman–Crippen MR) is 120 cm³/mol. The lowest BCUT2D eigenvalue weighted by atomic mass is 10.1. The van der Waals surface area contributed by atoms with Crippen LogP contribution in [0.4, 0.5) is 14.5 Å². The minimum absolute atomic E-state index is 0.00941. The van der Waals surface area contributed by atoms with E-state index < -0.39 is 11.6 Å². The summed E-state index contributed by atoms with van der Waals surface area (Å²) in [4.78, 5) is 35.2. The highest BCUT2D eigenvalue weighted by molar-refractivity contribution is 5.94. The van der Waals surface area contributed by atoms with Crippen LogP contribution in [0.1, 0.15) is 45.6 Å². The molecule has 0 radical (unpaired) electrons. The molecule has 0 N–H and O–H groups in total. The Kier molecular flexibility index (Phi) is 8.49. The maximum atomic E-state index is 14.3. The van der Waals surface area contributed by atoms with Crippen LogP contribution in [-0.2, 0) is 22.7 Å². The normalized spacial score (nSPS) is 16.3. The van der Waals surface area contributed by atoms with E-state index in [0.717, 1.165) is 31.6 Å². The lowest BCUT2D eigenvalue weighted by Gasteiger charge is -2.33. The van der Waals surface area contributed by atoms with Crippen molar-refractivity contribution in [2.45, 2.75) is 59.2 Å². The first-order valence-corrected chi connectivity index (χ1v) is 11.4. The van der Waals surface area contributed by atoms with Gasteiger partial charge < -0.3 is 14.7 Å². The summed E-state index contributed by atoms with van der Waals surface area (Å²) in [7, 11) is 0. The number of carbonyl (C=O) groups excluding carboxylic acids is 2. The summed E-state index contributed by atoms with van der Waals surface area (Å²) in [6.07, 6.45) is 4.49. The Hall–Kier alpha value is -2.88. The highest BCUT2D eigenvalue weighted by Crippen LogP contribution is 2.27. The van der Waals surface area contributed by atoms with Gasteiger partial charge in [0, 0.05) is 51.3 Å². The Labute approximate surface area is 193 Å². The molecule has 3 rings (SSSR count). The van der Waals surface area contributed by atoms with Gasteiger partial charge in [0.05, 0.1) is 5.69 Å². The van der Waals surface area contributed by atoms with Crippen molar-refractivity contribution in [1.82, 2.24) is 24.6 Å². The number of hydrogen-bond donors (Lipinski definition) is 0. The van der Waals surface area contributed by atoms with Gasteiger partial charge in [-0.25, -0.2) is 18.4 Å². The zero-order chi connectivity index (χ0) is 24.0. The third-order valence-corrected chi connectivity index (χ3v) is 5.92. The molecule has 2 heterocycles. The van der Waals surface area contributed by atoms with Crippen molar-refractivity contribution in [3.8, 4) is 0 Å². The predicted octanol–water partition coefficient (Wildman–Crippen LogP) is 2.83. The third kappa shape index (κ3) is 6.34. The molecule has 0 unspecified atom stereocenters. The zero-order valence-corrected chi connectivity index (χ0v) is 19.5. The van der Waals surface area contributed by atoms with E-state index in [0.29, 0.717) is 36.8 Å². The largest absolute Gasteiger partial charge is 0.337 e. The molecule has 0 atom stereocenters. The summed E-state index contributed by atoms with van der Waals surface area (Å²) in [5.41, 5.74) is 0.722. The van der Waals surface area contributed by atoms with Crippen LogP contribution in [0.5, 0.6) is 0 Å². The Morgan fingerprint density at radius 3 is 2.36 bits per heavy atom. The average molecular weight is 463 g/mol. The van der Waals surface area contributed by atoms with Gasteiger partial charge in [-0.2, -0.15) is 5.10 Å². The molecule has 1 aliphatic heterocycles. The summed E-state index contributed by atoms with van der Waals surface area (Å²) in [5.74, 6) is -2.40. The van der Waals surface area contributed by atoms with E-state index in [-0.39, 0.29) is 31.3 Å². The number of fused-ring (bicyclic) bond motifs is 1. The zero-order valence-electron chi connectivity index (χ0n) is 19.5. The van der Waals surface area contributed by atoms with Crippen molar-refractivity contribution in [2.24, 2.45) is 0 Å². The molecule has 0 saturated carbocycles. The van der Waals surface area contributed by atoms with Gasteiger partial charge in [0.15, 0.2) is 11.6 Å². The van der Waals surface area contributed by atoms with Gasteiger partial charge in [0.2, 0.25) is 11.8 Å². The third-order valence-electron chi connectivity index (χ3n) is 5.92. The monoisotopic (exact) mass is 462 g/mol. The van der Waals surface area contributed by atoms with E-state index in [1.54, 1.807) is 11.8 Å². The second kappa shape index (κ2) is 11.3. The van der Waals surface area contributed by atoms with Crippen LogP contribution in [0.15, 0.2) is 24.8 Å². The Morgan fingerprint density at radius 1 is 1.03 bits per heavy atom. The number of aromatic nitrogens is 3. The van der Waals surface area contributed by atoms with E-state index in [1.807, 2.05) is 0 Å². The van der Waals surface area contributed by atoms with E-state index >= 15 is 0 Å². The van der Waals surface area contributed by atoms with Crippen molar-refractivity contribution in [1.29, 1.82) is 0 Å². The number of benzene rings is 1. The fourth-order valence-electron chi connectivity index (χ4n) is 4.10. The van der Waals surface area contributed by atoms with Gasteiger partial charge in [0.1, 0.15) is 19.2 Å². The quantitative estimate of drug-likeness (QED) is 0.699. The number of carbonyl (C=O) groups is 2. The molecule has 10 heteroatoms. The fourth-order valence-corrected chi connectivity index (χ4v) is 4.10. The van der Waals surface area contributed by atoms with Gasteiger partial charge in [-0.15, -0.1) is 0 Å². The highest BCUT2D eigenvalue weighted by atomic mass is 19.2. The molecule has 0 bridgehead atoms. The second-order valence-electron chi connectivity index (χ2n) is 8.54. The summed E-state index contributed by atoms with van der Waals surface area (Å²) in [6.45, 7) is 8.40. The van der Waals surface area contributed by atoms with Gasteiger partial charge in [0.25, 0.3) is 0 Å². The molecular weight excluding hydrogens is 430 g/mol. The fraction of sp³-hybridized carbons (Fsp3) is 0.565. The lowest BCUT2D eigenvalue weighted by Crippen LogP contribution is -2.41. The standard InChI is InChI=1S/C23H32F2N6O2/c1-4-22(32)31-10-6-8-28(17(2)3)7-5-9-29(23(33)14-30-16-26-15-27-30)13-18-11-19(24)20(25)12-21(18)31/h11-12,15-17H,4-10,13-14H2,1-3H3. The molecule has 33 heavy (non-hydrogen) atoms. The molecule has 2 aromatic rings. The molecule has 0 aliphatic carbocycles. The van der Waals surface area contributed by atoms with Crippen LogP contribution in [-0.4, -0.2) is 68.6 Å². The second-order valence-corrected chi connectivity index (χ2v) is 8.54. The highest BCUT2D eigenvalue weighted by Gasteiger charge is 2.25. The Balaban J connectivity index is 1.99. The maximum absolute atomic E-state index is 14.3. The topological polar surface area (TPSA) is 74.6 Å². The molecule has 1 aliphatic rings. The van der Waals surface area contributed by atoms with E-state index in [9.17, 15) is 18.4 Å². The van der Waals surface area contributed by atoms with Crippen LogP contribution in [0, 0.1) is 11.6 Å². The van der Waals surface area contributed by atoms with Crippen LogP contribution in [0.25, 0.3) is 0 Å². The summed E-state index contributed by atoms with van der Waals surface area (Å²) >= 11 is 0. The number of amides is 2. The molecule has 0 spiro atoms. The number of halogens is 2. The van der Waals surface area contributed by atoms with Gasteiger partial charge >= 0.3 is 0 Å². The first-order chi connectivity index (χ1) is 15.8. The number of nitrogens with zero attached hydrogens (tertiary/aromatic N) is 6. The minimum Gasteiger partial charge on any atom is -0.337 e. The molecule has 180 valence electrons. The van der Waals surface area contributed by atoms with Crippen molar-refractivity contribution in [3.63, 3.8) is 0 Å². The van der Waals surface area contributed by atoms with Crippen molar-refractivity contribution in [3.05, 3.63) is 42.0 Å². The number of anilines is 1. The van der Waals surface area contributed by atoms with Gasteiger partial charge in [-0.1, -0.05) is 6.92 Å². The number of hydrogen-bond acceptors (Lipinski definition) is 5. The molecule has 2 amide bonds. The summed E-state index contributed by atoms with van der Waals surface area (Å²) in [6, 6.07) is 2.48. The number of rotatable bonds is 4. The molecule has 0 fully saturated rings. The van der Waals surface area contributed by atoms with Crippen LogP contribution in [0.2, 0.25) is 0 Å². The van der Waals surface area contributed by atoms with Crippen molar-refractivity contribution < 1.29 is 18.4 Å². The Bertz CT molecular complexity index is 951. The van der Waals surface area contributed by atoms with E-state index in [4.69, 9.17) is 0 Å². The molecule has 1 aromatic carbocycles. The minimum atomic E-state index is -1.01. The molecule has 0 saturated heterocycles. The first-order valence-electron chi connectivity index (χ1n) is 11.4.